The van der Waals surface area contributed by atoms with Crippen LogP contribution in [0.25, 0.3) is 11.4 Å². The molecular formula is C22H22ClN3O3. The van der Waals surface area contributed by atoms with Gasteiger partial charge in [0.25, 0.3) is 5.91 Å². The molecule has 0 atom stereocenters. The number of hydrogen-bond acceptors (Lipinski definition) is 5. The summed E-state index contributed by atoms with van der Waals surface area (Å²) in [5.74, 6) is 1.27. The van der Waals surface area contributed by atoms with Crippen LogP contribution in [0.4, 0.5) is 0 Å². The van der Waals surface area contributed by atoms with E-state index < -0.39 is 0 Å². The fourth-order valence-corrected chi connectivity index (χ4v) is 2.83. The zero-order chi connectivity index (χ0) is 20.8. The third-order valence-corrected chi connectivity index (χ3v) is 4.55. The van der Waals surface area contributed by atoms with Gasteiger partial charge in [0.1, 0.15) is 12.3 Å². The molecule has 0 N–H and O–H groups in total. The molecule has 0 radical (unpaired) electrons. The van der Waals surface area contributed by atoms with Gasteiger partial charge >= 0.3 is 0 Å². The maximum Gasteiger partial charge on any atom is 0.261 e. The Morgan fingerprint density at radius 3 is 2.72 bits per heavy atom. The first kappa shape index (κ1) is 20.6. The number of carbonyl (C=O) groups excluding carboxylic acids is 1. The quantitative estimate of drug-likeness (QED) is 0.506. The van der Waals surface area contributed by atoms with Gasteiger partial charge in [-0.1, -0.05) is 35.0 Å². The third kappa shape index (κ3) is 5.45. The van der Waals surface area contributed by atoms with E-state index in [0.717, 1.165) is 16.7 Å². The van der Waals surface area contributed by atoms with Crippen LogP contribution in [0.15, 0.2) is 59.6 Å². The fourth-order valence-electron chi connectivity index (χ4n) is 2.70. The Kier molecular flexibility index (Phi) is 6.67. The molecule has 0 spiro atoms. The molecule has 0 saturated heterocycles. The fraction of sp³-hybridized carbons (Fsp3) is 0.227. The average Bonchev–Trinajstić information content (AvgIpc) is 3.17. The molecule has 0 fully saturated rings. The van der Waals surface area contributed by atoms with Gasteiger partial charge in [-0.2, -0.15) is 4.98 Å². The van der Waals surface area contributed by atoms with Crippen LogP contribution in [0.2, 0.25) is 5.02 Å². The highest BCUT2D eigenvalue weighted by atomic mass is 35.5. The molecule has 0 bridgehead atoms. The zero-order valence-corrected chi connectivity index (χ0v) is 17.1. The number of benzene rings is 2. The number of hydrogen-bond donors (Lipinski definition) is 0. The van der Waals surface area contributed by atoms with Crippen molar-refractivity contribution in [2.24, 2.45) is 0 Å². The molecule has 0 aliphatic heterocycles. The topological polar surface area (TPSA) is 68.5 Å². The summed E-state index contributed by atoms with van der Waals surface area (Å²) >= 11 is 5.91. The lowest BCUT2D eigenvalue weighted by Crippen LogP contribution is -2.34. The van der Waals surface area contributed by atoms with Gasteiger partial charge in [-0.25, -0.2) is 0 Å². The van der Waals surface area contributed by atoms with E-state index in [-0.39, 0.29) is 19.1 Å². The predicted octanol–water partition coefficient (Wildman–Crippen LogP) is 4.60. The molecule has 150 valence electrons. The normalized spacial score (nSPS) is 10.6. The highest BCUT2D eigenvalue weighted by Gasteiger charge is 2.18. The lowest BCUT2D eigenvalue weighted by atomic mass is 10.1. The van der Waals surface area contributed by atoms with Gasteiger partial charge in [-0.15, -0.1) is 6.58 Å². The van der Waals surface area contributed by atoms with Crippen LogP contribution in [-0.4, -0.2) is 34.1 Å². The Morgan fingerprint density at radius 2 is 2.00 bits per heavy atom. The largest absolute Gasteiger partial charge is 0.483 e. The SMILES string of the molecule is C=CCN(Cc1nc(-c2ccc(Cl)cc2)no1)C(=O)COc1cc(C)ccc1C. The van der Waals surface area contributed by atoms with Gasteiger partial charge in [0, 0.05) is 17.1 Å². The molecule has 1 aromatic heterocycles. The Morgan fingerprint density at radius 1 is 1.24 bits per heavy atom. The maximum absolute atomic E-state index is 12.7. The van der Waals surface area contributed by atoms with E-state index in [1.165, 1.54) is 0 Å². The third-order valence-electron chi connectivity index (χ3n) is 4.29. The predicted molar refractivity (Wildman–Crippen MR) is 112 cm³/mol. The molecule has 6 nitrogen and oxygen atoms in total. The van der Waals surface area contributed by atoms with Crippen LogP contribution in [0.3, 0.4) is 0 Å². The smallest absolute Gasteiger partial charge is 0.261 e. The number of ether oxygens (including phenoxy) is 1. The van der Waals surface area contributed by atoms with Crippen LogP contribution >= 0.6 is 11.6 Å². The summed E-state index contributed by atoms with van der Waals surface area (Å²) in [4.78, 5) is 18.6. The van der Waals surface area contributed by atoms with E-state index in [0.29, 0.717) is 29.0 Å². The molecule has 7 heteroatoms. The molecule has 0 saturated carbocycles. The van der Waals surface area contributed by atoms with Crippen LogP contribution in [0.5, 0.6) is 5.75 Å². The van der Waals surface area contributed by atoms with Crippen molar-refractivity contribution in [3.8, 4) is 17.1 Å². The molecule has 1 amide bonds. The summed E-state index contributed by atoms with van der Waals surface area (Å²) in [6.07, 6.45) is 1.65. The van der Waals surface area contributed by atoms with Crippen molar-refractivity contribution in [1.29, 1.82) is 0 Å². The molecule has 3 rings (SSSR count). The van der Waals surface area contributed by atoms with Crippen molar-refractivity contribution >= 4 is 17.5 Å². The van der Waals surface area contributed by atoms with Gasteiger partial charge in [0.05, 0.1) is 0 Å². The Labute approximate surface area is 174 Å². The van der Waals surface area contributed by atoms with Crippen molar-refractivity contribution in [1.82, 2.24) is 15.0 Å². The Hall–Kier alpha value is -3.12. The number of carbonyl (C=O) groups is 1. The lowest BCUT2D eigenvalue weighted by molar-refractivity contribution is -0.133. The second kappa shape index (κ2) is 9.39. The number of rotatable bonds is 8. The van der Waals surface area contributed by atoms with E-state index in [2.05, 4.69) is 16.7 Å². The highest BCUT2D eigenvalue weighted by molar-refractivity contribution is 6.30. The second-order valence-corrected chi connectivity index (χ2v) is 7.08. The number of nitrogens with zero attached hydrogens (tertiary/aromatic N) is 3. The van der Waals surface area contributed by atoms with Crippen molar-refractivity contribution in [2.45, 2.75) is 20.4 Å². The van der Waals surface area contributed by atoms with E-state index >= 15 is 0 Å². The molecule has 3 aromatic rings. The summed E-state index contributed by atoms with van der Waals surface area (Å²) < 4.78 is 11.0. The lowest BCUT2D eigenvalue weighted by Gasteiger charge is -2.19. The van der Waals surface area contributed by atoms with Crippen LogP contribution in [0.1, 0.15) is 17.0 Å². The minimum absolute atomic E-state index is 0.0870. The first-order chi connectivity index (χ1) is 14.0. The second-order valence-electron chi connectivity index (χ2n) is 6.64. The standard InChI is InChI=1S/C22H22ClN3O3/c1-4-11-26(21(27)14-28-19-12-15(2)5-6-16(19)3)13-20-24-22(25-29-20)17-7-9-18(23)10-8-17/h4-10,12H,1,11,13-14H2,2-3H3. The van der Waals surface area contributed by atoms with Crippen molar-refractivity contribution in [3.63, 3.8) is 0 Å². The van der Waals surface area contributed by atoms with E-state index in [4.69, 9.17) is 20.9 Å². The van der Waals surface area contributed by atoms with Gasteiger partial charge in [-0.3, -0.25) is 4.79 Å². The van der Waals surface area contributed by atoms with Crippen molar-refractivity contribution in [3.05, 3.63) is 77.2 Å². The first-order valence-electron chi connectivity index (χ1n) is 9.13. The first-order valence-corrected chi connectivity index (χ1v) is 9.51. The Balaban J connectivity index is 1.66. The highest BCUT2D eigenvalue weighted by Crippen LogP contribution is 2.20. The average molecular weight is 412 g/mol. The molecule has 2 aromatic carbocycles. The van der Waals surface area contributed by atoms with E-state index in [1.807, 2.05) is 44.2 Å². The van der Waals surface area contributed by atoms with Crippen LogP contribution < -0.4 is 4.74 Å². The van der Waals surface area contributed by atoms with Crippen molar-refractivity contribution in [2.75, 3.05) is 13.2 Å². The summed E-state index contributed by atoms with van der Waals surface area (Å²) in [5, 5.41) is 4.61. The van der Waals surface area contributed by atoms with E-state index in [1.54, 1.807) is 23.1 Å². The molecule has 1 heterocycles. The minimum atomic E-state index is -0.197. The molecular weight excluding hydrogens is 390 g/mol. The van der Waals surface area contributed by atoms with Crippen LogP contribution in [0, 0.1) is 13.8 Å². The van der Waals surface area contributed by atoms with Crippen molar-refractivity contribution < 1.29 is 14.1 Å². The molecule has 29 heavy (non-hydrogen) atoms. The summed E-state index contributed by atoms with van der Waals surface area (Å²) in [7, 11) is 0. The monoisotopic (exact) mass is 411 g/mol. The minimum Gasteiger partial charge on any atom is -0.483 e. The van der Waals surface area contributed by atoms with Gasteiger partial charge in [-0.05, 0) is 55.3 Å². The van der Waals surface area contributed by atoms with Gasteiger partial charge in [0.2, 0.25) is 11.7 Å². The number of aryl methyl sites for hydroxylation is 2. The van der Waals surface area contributed by atoms with E-state index in [9.17, 15) is 4.79 Å². The summed E-state index contributed by atoms with van der Waals surface area (Å²) in [6.45, 7) is 8.06. The van der Waals surface area contributed by atoms with Crippen LogP contribution in [-0.2, 0) is 11.3 Å². The number of amides is 1. The van der Waals surface area contributed by atoms with Gasteiger partial charge < -0.3 is 14.2 Å². The number of aromatic nitrogens is 2. The molecule has 0 unspecified atom stereocenters. The molecule has 0 aliphatic rings. The maximum atomic E-state index is 12.7. The Bertz CT molecular complexity index is 999. The molecule has 0 aliphatic carbocycles. The number of halogens is 1. The zero-order valence-electron chi connectivity index (χ0n) is 16.4. The summed E-state index contributed by atoms with van der Waals surface area (Å²) in [6, 6.07) is 13.0. The van der Waals surface area contributed by atoms with Gasteiger partial charge in [0.15, 0.2) is 6.61 Å². The summed E-state index contributed by atoms with van der Waals surface area (Å²) in [5.41, 5.74) is 2.83.